The Morgan fingerprint density at radius 3 is 2.50 bits per heavy atom. The lowest BCUT2D eigenvalue weighted by molar-refractivity contribution is -0.120. The average molecular weight is 261 g/mol. The molecule has 0 radical (unpaired) electrons. The largest absolute Gasteiger partial charge is 0.382 e. The molecule has 1 amide bonds. The maximum Gasteiger partial charge on any atom is 0.221 e. The second-order valence-electron chi connectivity index (χ2n) is 3.23. The Balaban J connectivity index is 2.46. The summed E-state index contributed by atoms with van der Waals surface area (Å²) in [6, 6.07) is 5.28. The van der Waals surface area contributed by atoms with Crippen LogP contribution >= 0.6 is 23.2 Å². The highest BCUT2D eigenvalue weighted by Crippen LogP contribution is 2.29. The van der Waals surface area contributed by atoms with Crippen molar-refractivity contribution in [1.82, 2.24) is 5.32 Å². The molecule has 0 bridgehead atoms. The van der Waals surface area contributed by atoms with Gasteiger partial charge in [-0.1, -0.05) is 29.3 Å². The molecule has 5 heteroatoms. The third-order valence-electron chi connectivity index (χ3n) is 1.99. The van der Waals surface area contributed by atoms with Gasteiger partial charge in [-0.3, -0.25) is 4.79 Å². The number of nitrogens with one attached hydrogen (secondary N) is 2. The first kappa shape index (κ1) is 13.1. The number of amides is 1. The molecule has 2 N–H and O–H groups in total. The molecule has 1 aromatic rings. The highest BCUT2D eigenvalue weighted by atomic mass is 35.5. The molecule has 0 aliphatic carbocycles. The Kier molecular flexibility index (Phi) is 5.43. The molecule has 88 valence electrons. The summed E-state index contributed by atoms with van der Waals surface area (Å²) in [6.45, 7) is 3.04. The van der Waals surface area contributed by atoms with Gasteiger partial charge in [-0.2, -0.15) is 0 Å². The van der Waals surface area contributed by atoms with E-state index in [-0.39, 0.29) is 5.91 Å². The van der Waals surface area contributed by atoms with E-state index in [1.165, 1.54) is 0 Å². The van der Waals surface area contributed by atoms with E-state index in [4.69, 9.17) is 23.2 Å². The van der Waals surface area contributed by atoms with E-state index in [1.54, 1.807) is 18.2 Å². The van der Waals surface area contributed by atoms with Gasteiger partial charge in [0.25, 0.3) is 0 Å². The van der Waals surface area contributed by atoms with Crippen LogP contribution in [0, 0.1) is 0 Å². The lowest BCUT2D eigenvalue weighted by Gasteiger charge is -2.09. The van der Waals surface area contributed by atoms with Gasteiger partial charge >= 0.3 is 0 Å². The van der Waals surface area contributed by atoms with Crippen molar-refractivity contribution in [2.45, 2.75) is 13.3 Å². The quantitative estimate of drug-likeness (QED) is 0.855. The van der Waals surface area contributed by atoms with Crippen molar-refractivity contribution in [3.05, 3.63) is 28.2 Å². The second kappa shape index (κ2) is 6.61. The maximum absolute atomic E-state index is 11.2. The minimum absolute atomic E-state index is 0.0122. The standard InChI is InChI=1S/C11H14Cl2N2O/c1-2-14-10(16)6-7-15-11-8(12)4-3-5-9(11)13/h3-5,15H,2,6-7H2,1H3,(H,14,16). The van der Waals surface area contributed by atoms with Crippen molar-refractivity contribution in [2.24, 2.45) is 0 Å². The first-order valence-electron chi connectivity index (χ1n) is 5.09. The van der Waals surface area contributed by atoms with Gasteiger partial charge in [0, 0.05) is 19.5 Å². The van der Waals surface area contributed by atoms with Crippen LogP contribution < -0.4 is 10.6 Å². The fourth-order valence-electron chi connectivity index (χ4n) is 1.25. The van der Waals surface area contributed by atoms with Gasteiger partial charge in [-0.15, -0.1) is 0 Å². The molecule has 0 saturated heterocycles. The van der Waals surface area contributed by atoms with Crippen LogP contribution in [0.2, 0.25) is 10.0 Å². The third kappa shape index (κ3) is 3.91. The van der Waals surface area contributed by atoms with Crippen molar-refractivity contribution >= 4 is 34.8 Å². The van der Waals surface area contributed by atoms with Gasteiger partial charge in [-0.05, 0) is 19.1 Å². The molecule has 0 aliphatic rings. The van der Waals surface area contributed by atoms with E-state index in [2.05, 4.69) is 10.6 Å². The van der Waals surface area contributed by atoms with Crippen LogP contribution in [0.5, 0.6) is 0 Å². The topological polar surface area (TPSA) is 41.1 Å². The van der Waals surface area contributed by atoms with Gasteiger partial charge in [0.2, 0.25) is 5.91 Å². The molecule has 0 unspecified atom stereocenters. The number of carbonyl (C=O) groups excluding carboxylic acids is 1. The second-order valence-corrected chi connectivity index (χ2v) is 4.04. The Labute approximate surface area is 105 Å². The fraction of sp³-hybridized carbons (Fsp3) is 0.364. The lowest BCUT2D eigenvalue weighted by atomic mass is 10.3. The zero-order valence-corrected chi connectivity index (χ0v) is 10.5. The summed E-state index contributed by atoms with van der Waals surface area (Å²) in [5.74, 6) is 0.0122. The SMILES string of the molecule is CCNC(=O)CCNc1c(Cl)cccc1Cl. The molecule has 0 aliphatic heterocycles. The van der Waals surface area contributed by atoms with Crippen LogP contribution in [0.1, 0.15) is 13.3 Å². The van der Waals surface area contributed by atoms with Crippen LogP contribution in [0.15, 0.2) is 18.2 Å². The van der Waals surface area contributed by atoms with Crippen molar-refractivity contribution in [1.29, 1.82) is 0 Å². The normalized spacial score (nSPS) is 9.94. The number of anilines is 1. The summed E-state index contributed by atoms with van der Waals surface area (Å²) in [4.78, 5) is 11.2. The van der Waals surface area contributed by atoms with E-state index < -0.39 is 0 Å². The highest BCUT2D eigenvalue weighted by Gasteiger charge is 2.05. The van der Waals surface area contributed by atoms with Gasteiger partial charge in [0.1, 0.15) is 0 Å². The predicted octanol–water partition coefficient (Wildman–Crippen LogP) is 2.93. The average Bonchev–Trinajstić information content (AvgIpc) is 2.23. The number of hydrogen-bond donors (Lipinski definition) is 2. The van der Waals surface area contributed by atoms with Crippen LogP contribution in [-0.4, -0.2) is 19.0 Å². The fourth-order valence-corrected chi connectivity index (χ4v) is 1.78. The molecule has 3 nitrogen and oxygen atoms in total. The molecule has 1 rings (SSSR count). The first-order valence-corrected chi connectivity index (χ1v) is 5.85. The molecule has 16 heavy (non-hydrogen) atoms. The summed E-state index contributed by atoms with van der Waals surface area (Å²) in [7, 11) is 0. The maximum atomic E-state index is 11.2. The zero-order valence-electron chi connectivity index (χ0n) is 9.02. The molecule has 0 aromatic heterocycles. The Morgan fingerprint density at radius 2 is 1.94 bits per heavy atom. The number of benzene rings is 1. The van der Waals surface area contributed by atoms with Crippen LogP contribution in [-0.2, 0) is 4.79 Å². The number of rotatable bonds is 5. The van der Waals surface area contributed by atoms with Crippen molar-refractivity contribution in [3.8, 4) is 0 Å². The van der Waals surface area contributed by atoms with Crippen LogP contribution in [0.3, 0.4) is 0 Å². The van der Waals surface area contributed by atoms with E-state index in [1.807, 2.05) is 6.92 Å². The Hall–Kier alpha value is -0.930. The zero-order chi connectivity index (χ0) is 12.0. The highest BCUT2D eigenvalue weighted by molar-refractivity contribution is 6.39. The van der Waals surface area contributed by atoms with Gasteiger partial charge < -0.3 is 10.6 Å². The van der Waals surface area contributed by atoms with Gasteiger partial charge in [0.05, 0.1) is 15.7 Å². The smallest absolute Gasteiger partial charge is 0.221 e. The van der Waals surface area contributed by atoms with Crippen LogP contribution in [0.25, 0.3) is 0 Å². The molecule has 0 spiro atoms. The number of para-hydroxylation sites is 1. The number of halogens is 2. The minimum Gasteiger partial charge on any atom is -0.382 e. The van der Waals surface area contributed by atoms with E-state index in [0.29, 0.717) is 35.2 Å². The minimum atomic E-state index is 0.0122. The predicted molar refractivity (Wildman–Crippen MR) is 68.3 cm³/mol. The molecule has 1 aromatic carbocycles. The van der Waals surface area contributed by atoms with E-state index in [0.717, 1.165) is 0 Å². The lowest BCUT2D eigenvalue weighted by Crippen LogP contribution is -2.24. The monoisotopic (exact) mass is 260 g/mol. The number of hydrogen-bond acceptors (Lipinski definition) is 2. The van der Waals surface area contributed by atoms with Crippen LogP contribution in [0.4, 0.5) is 5.69 Å². The van der Waals surface area contributed by atoms with E-state index >= 15 is 0 Å². The molecule has 0 fully saturated rings. The van der Waals surface area contributed by atoms with Gasteiger partial charge in [-0.25, -0.2) is 0 Å². The van der Waals surface area contributed by atoms with Crippen molar-refractivity contribution in [3.63, 3.8) is 0 Å². The van der Waals surface area contributed by atoms with Crippen molar-refractivity contribution in [2.75, 3.05) is 18.4 Å². The van der Waals surface area contributed by atoms with Gasteiger partial charge in [0.15, 0.2) is 0 Å². The molecular formula is C11H14Cl2N2O. The molecule has 0 saturated carbocycles. The Morgan fingerprint density at radius 1 is 1.31 bits per heavy atom. The summed E-state index contributed by atoms with van der Waals surface area (Å²) < 4.78 is 0. The first-order chi connectivity index (χ1) is 7.65. The summed E-state index contributed by atoms with van der Waals surface area (Å²) >= 11 is 11.9. The molecule has 0 atom stereocenters. The summed E-state index contributed by atoms with van der Waals surface area (Å²) in [6.07, 6.45) is 0.398. The Bertz CT molecular complexity index is 349. The molecule has 0 heterocycles. The van der Waals surface area contributed by atoms with E-state index in [9.17, 15) is 4.79 Å². The summed E-state index contributed by atoms with van der Waals surface area (Å²) in [5, 5.41) is 6.88. The van der Waals surface area contributed by atoms with Crippen molar-refractivity contribution < 1.29 is 4.79 Å². The number of carbonyl (C=O) groups is 1. The summed E-state index contributed by atoms with van der Waals surface area (Å²) in [5.41, 5.74) is 0.676. The third-order valence-corrected chi connectivity index (χ3v) is 2.62. The molecular weight excluding hydrogens is 247 g/mol.